The van der Waals surface area contributed by atoms with Crippen LogP contribution in [0.3, 0.4) is 0 Å². The van der Waals surface area contributed by atoms with Gasteiger partial charge in [-0.2, -0.15) is 0 Å². The molecule has 2 rings (SSSR count). The van der Waals surface area contributed by atoms with Gasteiger partial charge >= 0.3 is 0 Å². The molecule has 5 heteroatoms. The van der Waals surface area contributed by atoms with E-state index in [0.29, 0.717) is 22.8 Å². The lowest BCUT2D eigenvalue weighted by atomic mass is 10.1. The molecule has 3 nitrogen and oxygen atoms in total. The van der Waals surface area contributed by atoms with Crippen LogP contribution in [0.25, 0.3) is 0 Å². The summed E-state index contributed by atoms with van der Waals surface area (Å²) in [6.07, 6.45) is 0. The van der Waals surface area contributed by atoms with Crippen LogP contribution in [0.5, 0.6) is 5.75 Å². The average Bonchev–Trinajstić information content (AvgIpc) is 2.42. The van der Waals surface area contributed by atoms with Crippen LogP contribution in [0, 0.1) is 0 Å². The van der Waals surface area contributed by atoms with E-state index in [2.05, 4.69) is 15.9 Å². The molecule has 0 saturated heterocycles. The first-order chi connectivity index (χ1) is 9.52. The number of amides is 1. The molecule has 0 bridgehead atoms. The van der Waals surface area contributed by atoms with Crippen LogP contribution in [-0.4, -0.2) is 17.6 Å². The highest BCUT2D eigenvalue weighted by molar-refractivity contribution is 9.10. The molecular weight excluding hydrogens is 342 g/mol. The minimum absolute atomic E-state index is 0.127. The fraction of sp³-hybridized carbons (Fsp3) is 0.133. The van der Waals surface area contributed by atoms with E-state index in [1.807, 2.05) is 6.92 Å². The third-order valence-corrected chi connectivity index (χ3v) is 4.10. The molecule has 1 N–H and O–H groups in total. The maximum Gasteiger partial charge on any atom is 0.258 e. The Hall–Kier alpha value is -1.52. The minimum atomic E-state index is -0.160. The second kappa shape index (κ2) is 6.29. The van der Waals surface area contributed by atoms with Crippen molar-refractivity contribution >= 4 is 39.1 Å². The topological polar surface area (TPSA) is 40.5 Å². The highest BCUT2D eigenvalue weighted by Crippen LogP contribution is 2.26. The molecule has 0 aliphatic rings. The number of phenolic OH excluding ortho intramolecular Hbond substituents is 1. The monoisotopic (exact) mass is 353 g/mol. The molecule has 0 unspecified atom stereocenters. The first-order valence-electron chi connectivity index (χ1n) is 6.09. The van der Waals surface area contributed by atoms with Gasteiger partial charge in [0.05, 0.1) is 5.02 Å². The molecule has 0 fully saturated rings. The number of benzene rings is 2. The second-order valence-electron chi connectivity index (χ2n) is 4.20. The van der Waals surface area contributed by atoms with E-state index in [0.717, 1.165) is 4.47 Å². The van der Waals surface area contributed by atoms with Crippen molar-refractivity contribution in [1.29, 1.82) is 0 Å². The zero-order valence-corrected chi connectivity index (χ0v) is 13.1. The summed E-state index contributed by atoms with van der Waals surface area (Å²) in [5.74, 6) is -0.0323. The molecule has 0 spiro atoms. The van der Waals surface area contributed by atoms with Crippen molar-refractivity contribution in [1.82, 2.24) is 0 Å². The summed E-state index contributed by atoms with van der Waals surface area (Å²) >= 11 is 9.32. The van der Waals surface area contributed by atoms with Gasteiger partial charge < -0.3 is 10.0 Å². The Kier molecular flexibility index (Phi) is 4.68. The van der Waals surface area contributed by atoms with Crippen LogP contribution in [0.2, 0.25) is 5.02 Å². The summed E-state index contributed by atoms with van der Waals surface area (Å²) in [6, 6.07) is 11.7. The molecule has 2 aromatic rings. The Labute approximate surface area is 130 Å². The third kappa shape index (κ3) is 3.14. The fourth-order valence-corrected chi connectivity index (χ4v) is 2.32. The number of carbonyl (C=O) groups excluding carboxylic acids is 1. The maximum absolute atomic E-state index is 12.5. The van der Waals surface area contributed by atoms with Gasteiger partial charge in [0.2, 0.25) is 0 Å². The van der Waals surface area contributed by atoms with Gasteiger partial charge in [0.15, 0.2) is 0 Å². The Morgan fingerprint density at radius 1 is 1.30 bits per heavy atom. The summed E-state index contributed by atoms with van der Waals surface area (Å²) < 4.78 is 0.746. The number of anilines is 1. The summed E-state index contributed by atoms with van der Waals surface area (Å²) in [5.41, 5.74) is 1.15. The van der Waals surface area contributed by atoms with Crippen molar-refractivity contribution in [2.24, 2.45) is 0 Å². The molecular formula is C15H13BrClNO2. The fourth-order valence-electron chi connectivity index (χ4n) is 1.89. The Bertz CT molecular complexity index is 646. The zero-order valence-electron chi connectivity index (χ0n) is 10.8. The number of rotatable bonds is 3. The summed E-state index contributed by atoms with van der Waals surface area (Å²) in [4.78, 5) is 14.1. The first kappa shape index (κ1) is 14.9. The van der Waals surface area contributed by atoms with Crippen LogP contribution in [0.1, 0.15) is 17.3 Å². The number of nitrogens with zero attached hydrogens (tertiary/aromatic N) is 1. The molecule has 0 aliphatic heterocycles. The molecule has 20 heavy (non-hydrogen) atoms. The van der Waals surface area contributed by atoms with E-state index in [1.165, 1.54) is 0 Å². The third-order valence-electron chi connectivity index (χ3n) is 2.87. The molecule has 0 saturated carbocycles. The molecule has 0 aromatic heterocycles. The SMILES string of the molecule is CCN(C(=O)c1ccc(Br)c(Cl)c1)c1cccc(O)c1. The minimum Gasteiger partial charge on any atom is -0.508 e. The summed E-state index contributed by atoms with van der Waals surface area (Å²) in [7, 11) is 0. The second-order valence-corrected chi connectivity index (χ2v) is 5.46. The highest BCUT2D eigenvalue weighted by atomic mass is 79.9. The lowest BCUT2D eigenvalue weighted by Crippen LogP contribution is -2.30. The van der Waals surface area contributed by atoms with Gasteiger partial charge in [-0.3, -0.25) is 4.79 Å². The molecule has 0 radical (unpaired) electrons. The van der Waals surface area contributed by atoms with Crippen molar-refractivity contribution in [3.05, 3.63) is 57.5 Å². The van der Waals surface area contributed by atoms with E-state index >= 15 is 0 Å². The number of aromatic hydroxyl groups is 1. The predicted molar refractivity (Wildman–Crippen MR) is 84.6 cm³/mol. The zero-order chi connectivity index (χ0) is 14.7. The van der Waals surface area contributed by atoms with Crippen molar-refractivity contribution < 1.29 is 9.90 Å². The maximum atomic E-state index is 12.5. The van der Waals surface area contributed by atoms with Gasteiger partial charge in [-0.1, -0.05) is 17.7 Å². The molecule has 0 atom stereocenters. The Morgan fingerprint density at radius 3 is 2.65 bits per heavy atom. The van der Waals surface area contributed by atoms with Gasteiger partial charge in [0.1, 0.15) is 5.75 Å². The van der Waals surface area contributed by atoms with Crippen molar-refractivity contribution in [2.45, 2.75) is 6.92 Å². The van der Waals surface area contributed by atoms with Crippen molar-refractivity contribution in [3.63, 3.8) is 0 Å². The van der Waals surface area contributed by atoms with Crippen LogP contribution in [0.4, 0.5) is 5.69 Å². The van der Waals surface area contributed by atoms with Crippen LogP contribution < -0.4 is 4.90 Å². The van der Waals surface area contributed by atoms with Gasteiger partial charge in [-0.05, 0) is 53.2 Å². The smallest absolute Gasteiger partial charge is 0.258 e. The number of halogens is 2. The number of phenols is 1. The van der Waals surface area contributed by atoms with Crippen molar-refractivity contribution in [3.8, 4) is 5.75 Å². The van der Waals surface area contributed by atoms with E-state index in [9.17, 15) is 9.90 Å². The Morgan fingerprint density at radius 2 is 2.05 bits per heavy atom. The van der Waals surface area contributed by atoms with Gasteiger partial charge in [0.25, 0.3) is 5.91 Å². The van der Waals surface area contributed by atoms with Gasteiger partial charge in [-0.25, -0.2) is 0 Å². The molecule has 1 amide bonds. The van der Waals surface area contributed by atoms with Crippen LogP contribution in [-0.2, 0) is 0 Å². The first-order valence-corrected chi connectivity index (χ1v) is 7.26. The predicted octanol–water partition coefficient (Wildman–Crippen LogP) is 4.47. The van der Waals surface area contributed by atoms with Crippen LogP contribution >= 0.6 is 27.5 Å². The number of hydrogen-bond donors (Lipinski definition) is 1. The largest absolute Gasteiger partial charge is 0.508 e. The highest BCUT2D eigenvalue weighted by Gasteiger charge is 2.17. The van der Waals surface area contributed by atoms with Gasteiger partial charge in [0, 0.05) is 28.3 Å². The summed E-state index contributed by atoms with van der Waals surface area (Å²) in [5, 5.41) is 10.0. The number of carbonyl (C=O) groups is 1. The lowest BCUT2D eigenvalue weighted by molar-refractivity contribution is 0.0988. The molecule has 2 aromatic carbocycles. The van der Waals surface area contributed by atoms with E-state index in [4.69, 9.17) is 11.6 Å². The lowest BCUT2D eigenvalue weighted by Gasteiger charge is -2.21. The number of hydrogen-bond acceptors (Lipinski definition) is 2. The van der Waals surface area contributed by atoms with Crippen LogP contribution in [0.15, 0.2) is 46.9 Å². The van der Waals surface area contributed by atoms with E-state index in [-0.39, 0.29) is 11.7 Å². The van der Waals surface area contributed by atoms with E-state index in [1.54, 1.807) is 47.4 Å². The van der Waals surface area contributed by atoms with Crippen molar-refractivity contribution in [2.75, 3.05) is 11.4 Å². The summed E-state index contributed by atoms with van der Waals surface area (Å²) in [6.45, 7) is 2.37. The quantitative estimate of drug-likeness (QED) is 0.883. The van der Waals surface area contributed by atoms with Gasteiger partial charge in [-0.15, -0.1) is 0 Å². The molecule has 0 heterocycles. The standard InChI is InChI=1S/C15H13BrClNO2/c1-2-18(11-4-3-5-12(19)9-11)15(20)10-6-7-13(16)14(17)8-10/h3-9,19H,2H2,1H3. The van der Waals surface area contributed by atoms with E-state index < -0.39 is 0 Å². The Balaban J connectivity index is 2.36. The molecule has 0 aliphatic carbocycles. The normalized spacial score (nSPS) is 10.3. The molecule has 104 valence electrons. The average molecular weight is 355 g/mol.